The minimum atomic E-state index is -3.49. The van der Waals surface area contributed by atoms with Gasteiger partial charge in [0.2, 0.25) is 9.84 Å². The van der Waals surface area contributed by atoms with E-state index in [9.17, 15) is 12.8 Å². The Labute approximate surface area is 129 Å². The average Bonchev–Trinajstić information content (AvgIpc) is 2.58. The molecule has 0 aliphatic rings. The molecule has 0 aromatic heterocycles. The Morgan fingerprint density at radius 2 is 1.41 bits per heavy atom. The van der Waals surface area contributed by atoms with Crippen molar-refractivity contribution in [2.24, 2.45) is 0 Å². The summed E-state index contributed by atoms with van der Waals surface area (Å²) in [5.74, 6) is 0.487. The quantitative estimate of drug-likeness (QED) is 0.790. The van der Waals surface area contributed by atoms with E-state index in [0.29, 0.717) is 12.9 Å². The molecule has 0 atom stereocenters. The molecule has 2 rings (SSSR count). The van der Waals surface area contributed by atoms with Gasteiger partial charge in [-0.3, -0.25) is 9.23 Å². The van der Waals surface area contributed by atoms with Crippen molar-refractivity contribution in [3.63, 3.8) is 0 Å². The topological polar surface area (TPSA) is 55.8 Å². The predicted molar refractivity (Wildman–Crippen MR) is 80.8 cm³/mol. The van der Waals surface area contributed by atoms with Crippen LogP contribution in [-0.4, -0.2) is 35.0 Å². The fraction of sp³-hybridized carbons (Fsp3) is 0.200. The number of hydrogen-bond acceptors (Lipinski definition) is 5. The number of rotatable bonds is 5. The number of hydrogen-bond donors (Lipinski definition) is 0. The lowest BCUT2D eigenvalue weighted by Gasteiger charge is -2.14. The molecule has 0 unspecified atom stereocenters. The van der Waals surface area contributed by atoms with Crippen LogP contribution in [0, 0.1) is 0 Å². The lowest BCUT2D eigenvalue weighted by atomic mass is 10.3. The fourth-order valence-corrected chi connectivity index (χ4v) is 2.88. The van der Waals surface area contributed by atoms with Gasteiger partial charge in [0.15, 0.2) is 5.75 Å². The van der Waals surface area contributed by atoms with Gasteiger partial charge >= 0.3 is 0 Å². The number of benzene rings is 2. The molecule has 0 amide bonds. The molecule has 120 valence electrons. The summed E-state index contributed by atoms with van der Waals surface area (Å²) in [7, 11) is 0.0682. The van der Waals surface area contributed by atoms with Crippen LogP contribution < -0.4 is 4.84 Å². The normalized spacial score (nSPS) is 10.8. The van der Waals surface area contributed by atoms with Crippen molar-refractivity contribution >= 4 is 9.84 Å². The van der Waals surface area contributed by atoms with Gasteiger partial charge in [-0.15, -0.1) is 0 Å². The van der Waals surface area contributed by atoms with Crippen molar-refractivity contribution in [1.82, 2.24) is 5.23 Å². The third-order valence-electron chi connectivity index (χ3n) is 2.68. The third-order valence-corrected chi connectivity index (χ3v) is 4.46. The predicted octanol–water partition coefficient (Wildman–Crippen LogP) is 2.89. The van der Waals surface area contributed by atoms with Crippen molar-refractivity contribution in [1.29, 1.82) is 0 Å². The molecule has 7 heteroatoms. The summed E-state index contributed by atoms with van der Waals surface area (Å²) in [6, 6.07) is 14.4. The Bertz CT molecular complexity index is 660. The number of halogens is 1. The van der Waals surface area contributed by atoms with Crippen LogP contribution in [0.25, 0.3) is 0 Å². The molecule has 0 N–H and O–H groups in total. The van der Waals surface area contributed by atoms with Gasteiger partial charge in [0.25, 0.3) is 0 Å². The van der Waals surface area contributed by atoms with E-state index in [0.717, 1.165) is 0 Å². The zero-order chi connectivity index (χ0) is 16.6. The first-order chi connectivity index (χ1) is 10.5. The van der Waals surface area contributed by atoms with E-state index in [-0.39, 0.29) is 9.79 Å². The fourth-order valence-electron chi connectivity index (χ4n) is 1.60. The molecule has 22 heavy (non-hydrogen) atoms. The zero-order valence-electron chi connectivity index (χ0n) is 12.6. The minimum Gasteiger partial charge on any atom is -0.381 e. The molecule has 0 fully saturated rings. The molecule has 0 saturated heterocycles. The minimum absolute atomic E-state index is 0.219. The molecule has 0 saturated carbocycles. The van der Waals surface area contributed by atoms with Gasteiger partial charge < -0.3 is 4.84 Å². The lowest BCUT2D eigenvalue weighted by Crippen LogP contribution is -2.20. The van der Waals surface area contributed by atoms with Crippen molar-refractivity contribution in [2.75, 3.05) is 21.3 Å². The molecule has 0 aliphatic carbocycles. The Morgan fingerprint density at radius 3 is 1.91 bits per heavy atom. The average molecular weight is 327 g/mol. The first-order valence-corrected chi connectivity index (χ1v) is 7.76. The molecule has 5 nitrogen and oxygen atoms in total. The SMILES string of the molecule is CF.CON(C)Oc1ccc(S(=O)(=O)c2ccccc2)cc1. The van der Waals surface area contributed by atoms with Gasteiger partial charge in [-0.05, 0) is 41.6 Å². The lowest BCUT2D eigenvalue weighted by molar-refractivity contribution is -0.284. The number of hydroxylamine groups is 2. The highest BCUT2D eigenvalue weighted by Crippen LogP contribution is 2.23. The zero-order valence-corrected chi connectivity index (χ0v) is 13.4. The summed E-state index contributed by atoms with van der Waals surface area (Å²) in [5.41, 5.74) is 0. The van der Waals surface area contributed by atoms with Crippen molar-refractivity contribution in [3.05, 3.63) is 54.6 Å². The first kappa shape index (κ1) is 18.1. The molecule has 0 spiro atoms. The van der Waals surface area contributed by atoms with Crippen LogP contribution in [0.5, 0.6) is 5.75 Å². The smallest absolute Gasteiger partial charge is 0.206 e. The maximum absolute atomic E-state index is 12.3. The van der Waals surface area contributed by atoms with Crippen molar-refractivity contribution < 1.29 is 22.5 Å². The molecular weight excluding hydrogens is 309 g/mol. The van der Waals surface area contributed by atoms with Gasteiger partial charge in [0, 0.05) is 0 Å². The Morgan fingerprint density at radius 1 is 0.909 bits per heavy atom. The van der Waals surface area contributed by atoms with E-state index in [2.05, 4.69) is 0 Å². The highest BCUT2D eigenvalue weighted by Gasteiger charge is 2.17. The number of alkyl halides is 1. The largest absolute Gasteiger partial charge is 0.381 e. The van der Waals surface area contributed by atoms with E-state index in [1.807, 2.05) is 0 Å². The highest BCUT2D eigenvalue weighted by molar-refractivity contribution is 7.91. The summed E-state index contributed by atoms with van der Waals surface area (Å²) >= 11 is 0. The maximum Gasteiger partial charge on any atom is 0.206 e. The van der Waals surface area contributed by atoms with Crippen molar-refractivity contribution in [3.8, 4) is 5.75 Å². The molecule has 0 aliphatic heterocycles. The van der Waals surface area contributed by atoms with Crippen LogP contribution in [-0.2, 0) is 14.7 Å². The van der Waals surface area contributed by atoms with E-state index < -0.39 is 9.84 Å². The molecule has 2 aromatic carbocycles. The van der Waals surface area contributed by atoms with Crippen molar-refractivity contribution in [2.45, 2.75) is 9.79 Å². The number of nitrogens with zero attached hydrogens (tertiary/aromatic N) is 1. The summed E-state index contributed by atoms with van der Waals surface area (Å²) in [5, 5.41) is 1.17. The summed E-state index contributed by atoms with van der Waals surface area (Å²) in [4.78, 5) is 10.6. The summed E-state index contributed by atoms with van der Waals surface area (Å²) in [6.07, 6.45) is 0. The van der Waals surface area contributed by atoms with Crippen LogP contribution >= 0.6 is 0 Å². The second kappa shape index (κ2) is 8.47. The van der Waals surface area contributed by atoms with Crippen LogP contribution in [0.4, 0.5) is 4.39 Å². The van der Waals surface area contributed by atoms with Gasteiger partial charge in [0.05, 0.1) is 31.1 Å². The standard InChI is InChI=1S/C14H15NO4S.CH3F/c1-15(18-2)19-12-8-10-14(11-9-12)20(16,17)13-6-4-3-5-7-13;1-2/h3-11H,1-2H3;1H3. The van der Waals surface area contributed by atoms with Crippen LogP contribution in [0.2, 0.25) is 0 Å². The molecule has 0 bridgehead atoms. The van der Waals surface area contributed by atoms with E-state index in [1.54, 1.807) is 49.5 Å². The van der Waals surface area contributed by atoms with Gasteiger partial charge in [0.1, 0.15) is 0 Å². The third kappa shape index (κ3) is 4.52. The number of sulfone groups is 1. The molecule has 0 heterocycles. The molecule has 0 radical (unpaired) electrons. The second-order valence-electron chi connectivity index (χ2n) is 4.00. The van der Waals surface area contributed by atoms with Gasteiger partial charge in [-0.1, -0.05) is 18.2 Å². The monoisotopic (exact) mass is 327 g/mol. The van der Waals surface area contributed by atoms with E-state index in [4.69, 9.17) is 9.68 Å². The Kier molecular flexibility index (Phi) is 6.97. The Hall–Kier alpha value is -1.96. The summed E-state index contributed by atoms with van der Waals surface area (Å²) in [6.45, 7) is 0. The first-order valence-electron chi connectivity index (χ1n) is 6.28. The molecule has 2 aromatic rings. The second-order valence-corrected chi connectivity index (χ2v) is 5.95. The van der Waals surface area contributed by atoms with Crippen LogP contribution in [0.3, 0.4) is 0 Å². The highest BCUT2D eigenvalue weighted by atomic mass is 32.2. The van der Waals surface area contributed by atoms with E-state index >= 15 is 0 Å². The van der Waals surface area contributed by atoms with E-state index in [1.165, 1.54) is 24.5 Å². The van der Waals surface area contributed by atoms with Crippen LogP contribution in [0.15, 0.2) is 64.4 Å². The summed E-state index contributed by atoms with van der Waals surface area (Å²) < 4.78 is 34.2. The van der Waals surface area contributed by atoms with Crippen LogP contribution in [0.1, 0.15) is 0 Å². The Balaban J connectivity index is 0.00000116. The van der Waals surface area contributed by atoms with Gasteiger partial charge in [-0.2, -0.15) is 0 Å². The van der Waals surface area contributed by atoms with Gasteiger partial charge in [-0.25, -0.2) is 8.42 Å². The maximum atomic E-state index is 12.3. The molecular formula is C15H18FNO4S.